The Hall–Kier alpha value is -7.16. The van der Waals surface area contributed by atoms with Crippen molar-refractivity contribution in [1.82, 2.24) is 9.13 Å². The summed E-state index contributed by atoms with van der Waals surface area (Å²) in [6.45, 7) is 0. The van der Waals surface area contributed by atoms with E-state index in [-0.39, 0.29) is 0 Å². The van der Waals surface area contributed by atoms with Crippen molar-refractivity contribution in [3.63, 3.8) is 0 Å². The summed E-state index contributed by atoms with van der Waals surface area (Å²) < 4.78 is 4.83. The Morgan fingerprint density at radius 3 is 1.46 bits per heavy atom. The maximum absolute atomic E-state index is 2.43. The molecular weight excluding hydrogens is 653 g/mol. The Balaban J connectivity index is 1.04. The summed E-state index contributed by atoms with van der Waals surface area (Å²) in [6.07, 6.45) is 0. The van der Waals surface area contributed by atoms with Gasteiger partial charge < -0.3 is 9.13 Å². The molecule has 0 spiro atoms. The van der Waals surface area contributed by atoms with E-state index in [0.717, 1.165) is 5.69 Å². The van der Waals surface area contributed by atoms with E-state index in [1.54, 1.807) is 0 Å². The minimum absolute atomic E-state index is 1.16. The normalized spacial score (nSPS) is 11.7. The van der Waals surface area contributed by atoms with E-state index in [2.05, 4.69) is 215 Å². The predicted molar refractivity (Wildman–Crippen MR) is 229 cm³/mol. The molecular formula is C52H34N2. The highest BCUT2D eigenvalue weighted by atomic mass is 15.0. The van der Waals surface area contributed by atoms with Crippen LogP contribution in [0.25, 0.3) is 99.1 Å². The molecule has 0 aliphatic rings. The van der Waals surface area contributed by atoms with Crippen molar-refractivity contribution in [3.8, 4) is 44.8 Å². The highest BCUT2D eigenvalue weighted by Gasteiger charge is 2.18. The van der Waals surface area contributed by atoms with E-state index in [1.807, 2.05) is 0 Å². The predicted octanol–water partition coefficient (Wildman–Crippen LogP) is 14.0. The van der Waals surface area contributed by atoms with Crippen molar-refractivity contribution in [2.24, 2.45) is 0 Å². The lowest BCUT2D eigenvalue weighted by molar-refractivity contribution is 1.18. The number of hydrogen-bond acceptors (Lipinski definition) is 0. The highest BCUT2D eigenvalue weighted by molar-refractivity contribution is 6.13. The Morgan fingerprint density at radius 1 is 0.259 bits per heavy atom. The number of fused-ring (bicyclic) bond motifs is 7. The number of benzene rings is 9. The lowest BCUT2D eigenvalue weighted by Crippen LogP contribution is -1.97. The second kappa shape index (κ2) is 12.2. The van der Waals surface area contributed by atoms with Crippen molar-refractivity contribution in [2.75, 3.05) is 0 Å². The summed E-state index contributed by atoms with van der Waals surface area (Å²) >= 11 is 0. The van der Waals surface area contributed by atoms with Gasteiger partial charge in [0.1, 0.15) is 0 Å². The van der Waals surface area contributed by atoms with Gasteiger partial charge in [0, 0.05) is 32.8 Å². The van der Waals surface area contributed by atoms with Crippen LogP contribution in [0, 0.1) is 0 Å². The molecule has 54 heavy (non-hydrogen) atoms. The van der Waals surface area contributed by atoms with Crippen molar-refractivity contribution < 1.29 is 0 Å². The molecule has 2 heteroatoms. The van der Waals surface area contributed by atoms with Gasteiger partial charge >= 0.3 is 0 Å². The lowest BCUT2D eigenvalue weighted by Gasteiger charge is -2.14. The summed E-state index contributed by atoms with van der Waals surface area (Å²) in [6, 6.07) is 75.1. The maximum Gasteiger partial charge on any atom is 0.0541 e. The van der Waals surface area contributed by atoms with Crippen LogP contribution in [0.15, 0.2) is 206 Å². The zero-order valence-electron chi connectivity index (χ0n) is 29.5. The first-order valence-corrected chi connectivity index (χ1v) is 18.6. The van der Waals surface area contributed by atoms with E-state index in [9.17, 15) is 0 Å². The third-order valence-corrected chi connectivity index (χ3v) is 11.1. The highest BCUT2D eigenvalue weighted by Crippen LogP contribution is 2.40. The van der Waals surface area contributed by atoms with E-state index in [1.165, 1.54) is 93.5 Å². The summed E-state index contributed by atoms with van der Waals surface area (Å²) in [5.41, 5.74) is 14.5. The summed E-state index contributed by atoms with van der Waals surface area (Å²) in [5, 5.41) is 7.54. The molecule has 0 amide bonds. The topological polar surface area (TPSA) is 9.86 Å². The standard InChI is InChI=1S/C52H34N2/c1-2-13-36(14-3-1)43-18-6-9-22-48(43)54-50-24-11-8-20-45(50)47-34-39(28-32-52(47)54)38-27-31-51-46(33-38)44-19-7-10-23-49(44)53(51)40-29-25-37(26-30-40)42-21-12-16-35-15-4-5-17-41(35)42/h1-34H. The third-order valence-electron chi connectivity index (χ3n) is 11.1. The van der Waals surface area contributed by atoms with Gasteiger partial charge in [-0.25, -0.2) is 0 Å². The number of para-hydroxylation sites is 3. The third kappa shape index (κ3) is 4.74. The van der Waals surface area contributed by atoms with Crippen LogP contribution in [0.5, 0.6) is 0 Å². The molecule has 0 saturated heterocycles. The molecule has 9 aromatic carbocycles. The maximum atomic E-state index is 2.43. The van der Waals surface area contributed by atoms with Crippen molar-refractivity contribution in [2.45, 2.75) is 0 Å². The number of aromatic nitrogens is 2. The molecule has 0 fully saturated rings. The van der Waals surface area contributed by atoms with E-state index < -0.39 is 0 Å². The fraction of sp³-hybridized carbons (Fsp3) is 0. The number of hydrogen-bond donors (Lipinski definition) is 0. The molecule has 2 nitrogen and oxygen atoms in total. The van der Waals surface area contributed by atoms with Gasteiger partial charge in [0.2, 0.25) is 0 Å². The van der Waals surface area contributed by atoms with Gasteiger partial charge in [-0.2, -0.15) is 0 Å². The molecule has 0 saturated carbocycles. The molecule has 252 valence electrons. The van der Waals surface area contributed by atoms with Crippen LogP contribution >= 0.6 is 0 Å². The Morgan fingerprint density at radius 2 is 0.741 bits per heavy atom. The first-order valence-electron chi connectivity index (χ1n) is 18.6. The van der Waals surface area contributed by atoms with Gasteiger partial charge in [0.25, 0.3) is 0 Å². The molecule has 0 aliphatic heterocycles. The molecule has 0 radical (unpaired) electrons. The number of rotatable bonds is 5. The molecule has 11 aromatic rings. The average Bonchev–Trinajstić information content (AvgIpc) is 3.76. The van der Waals surface area contributed by atoms with Crippen molar-refractivity contribution >= 4 is 54.4 Å². The minimum Gasteiger partial charge on any atom is -0.309 e. The largest absolute Gasteiger partial charge is 0.309 e. The molecule has 0 aliphatic carbocycles. The van der Waals surface area contributed by atoms with Crippen LogP contribution < -0.4 is 0 Å². The second-order valence-electron chi connectivity index (χ2n) is 14.1. The van der Waals surface area contributed by atoms with Gasteiger partial charge in [-0.1, -0.05) is 152 Å². The van der Waals surface area contributed by atoms with Gasteiger partial charge in [0.05, 0.1) is 27.8 Å². The Labute approximate surface area is 313 Å². The fourth-order valence-electron chi connectivity index (χ4n) is 8.64. The monoisotopic (exact) mass is 686 g/mol. The first kappa shape index (κ1) is 30.5. The van der Waals surface area contributed by atoms with Crippen LogP contribution in [-0.2, 0) is 0 Å². The summed E-state index contributed by atoms with van der Waals surface area (Å²) in [7, 11) is 0. The number of nitrogens with zero attached hydrogens (tertiary/aromatic N) is 2. The van der Waals surface area contributed by atoms with Crippen LogP contribution in [-0.4, -0.2) is 9.13 Å². The Kier molecular flexibility index (Phi) is 6.90. The molecule has 0 bridgehead atoms. The molecule has 2 aromatic heterocycles. The van der Waals surface area contributed by atoms with Gasteiger partial charge in [0.15, 0.2) is 0 Å². The van der Waals surface area contributed by atoms with Gasteiger partial charge in [-0.15, -0.1) is 0 Å². The summed E-state index contributed by atoms with van der Waals surface area (Å²) in [5.74, 6) is 0. The SMILES string of the molecule is c1ccc(-c2ccccc2-n2c3ccccc3c3cc(-c4ccc5c(c4)c4ccccc4n5-c4ccc(-c5cccc6ccccc56)cc4)ccc32)cc1. The fourth-order valence-corrected chi connectivity index (χ4v) is 8.64. The second-order valence-corrected chi connectivity index (χ2v) is 14.1. The zero-order valence-corrected chi connectivity index (χ0v) is 29.5. The smallest absolute Gasteiger partial charge is 0.0541 e. The lowest BCUT2D eigenvalue weighted by atomic mass is 9.98. The average molecular weight is 687 g/mol. The van der Waals surface area contributed by atoms with Crippen LogP contribution in [0.3, 0.4) is 0 Å². The zero-order chi connectivity index (χ0) is 35.6. The van der Waals surface area contributed by atoms with Crippen LogP contribution in [0.2, 0.25) is 0 Å². The first-order chi connectivity index (χ1) is 26.8. The van der Waals surface area contributed by atoms with Gasteiger partial charge in [-0.3, -0.25) is 0 Å². The molecule has 11 rings (SSSR count). The van der Waals surface area contributed by atoms with Crippen molar-refractivity contribution in [1.29, 1.82) is 0 Å². The van der Waals surface area contributed by atoms with E-state index in [4.69, 9.17) is 0 Å². The quantitative estimate of drug-likeness (QED) is 0.171. The minimum atomic E-state index is 1.16. The van der Waals surface area contributed by atoms with Crippen LogP contribution in [0.1, 0.15) is 0 Å². The molecule has 0 atom stereocenters. The van der Waals surface area contributed by atoms with E-state index in [0.29, 0.717) is 0 Å². The van der Waals surface area contributed by atoms with E-state index >= 15 is 0 Å². The summed E-state index contributed by atoms with van der Waals surface area (Å²) in [4.78, 5) is 0. The van der Waals surface area contributed by atoms with Crippen molar-refractivity contribution in [3.05, 3.63) is 206 Å². The Bertz CT molecular complexity index is 3190. The molecule has 0 unspecified atom stereocenters. The molecule has 0 N–H and O–H groups in total. The molecule has 2 heterocycles. The van der Waals surface area contributed by atoms with Crippen LogP contribution in [0.4, 0.5) is 0 Å². The van der Waals surface area contributed by atoms with Gasteiger partial charge in [-0.05, 0) is 93.2 Å².